The fourth-order valence-corrected chi connectivity index (χ4v) is 4.16. The summed E-state index contributed by atoms with van der Waals surface area (Å²) >= 11 is 0. The van der Waals surface area contributed by atoms with Crippen LogP contribution in [0.4, 0.5) is 0 Å². The Morgan fingerprint density at radius 2 is 1.18 bits per heavy atom. The number of ether oxygens (including phenoxy) is 2. The molecule has 0 bridgehead atoms. The highest BCUT2D eigenvalue weighted by atomic mass is 16.7. The molecule has 0 amide bonds. The Hall–Kier alpha value is -2.42. The van der Waals surface area contributed by atoms with Crippen molar-refractivity contribution < 1.29 is 9.47 Å². The first-order valence-electron chi connectivity index (χ1n) is 10.00. The second-order valence-corrected chi connectivity index (χ2v) is 9.05. The second-order valence-electron chi connectivity index (χ2n) is 9.05. The summed E-state index contributed by atoms with van der Waals surface area (Å²) in [5.74, 6) is 0. The van der Waals surface area contributed by atoms with E-state index in [0.29, 0.717) is 6.61 Å². The third-order valence-electron chi connectivity index (χ3n) is 6.67. The maximum absolute atomic E-state index is 6.40. The molecule has 2 nitrogen and oxygen atoms in total. The van der Waals surface area contributed by atoms with E-state index in [1.165, 1.54) is 32.3 Å². The standard InChI is InChI=1S/C26H26O2/c1-25(2)16-27-24(28-26(25,3)4)17-13-14-22-20-11-6-5-9-18(20)19-10-7-8-12-21(19)23(22)15-17/h5-15,24H,16H2,1-4H3. The van der Waals surface area contributed by atoms with Crippen molar-refractivity contribution in [3.05, 3.63) is 72.3 Å². The first-order valence-corrected chi connectivity index (χ1v) is 10.00. The second kappa shape index (κ2) is 6.04. The van der Waals surface area contributed by atoms with Gasteiger partial charge in [0.05, 0.1) is 12.2 Å². The lowest BCUT2D eigenvalue weighted by atomic mass is 9.77. The zero-order chi connectivity index (χ0) is 19.5. The molecule has 1 aliphatic rings. The van der Waals surface area contributed by atoms with E-state index >= 15 is 0 Å². The molecule has 1 unspecified atom stereocenters. The Bertz CT molecular complexity index is 1170. The van der Waals surface area contributed by atoms with Gasteiger partial charge >= 0.3 is 0 Å². The molecule has 0 aromatic heterocycles. The Morgan fingerprint density at radius 3 is 1.71 bits per heavy atom. The van der Waals surface area contributed by atoms with E-state index in [1.807, 2.05) is 0 Å². The van der Waals surface area contributed by atoms with Crippen LogP contribution >= 0.6 is 0 Å². The van der Waals surface area contributed by atoms with Gasteiger partial charge in [-0.25, -0.2) is 0 Å². The average Bonchev–Trinajstić information content (AvgIpc) is 2.70. The van der Waals surface area contributed by atoms with E-state index in [1.54, 1.807) is 0 Å². The van der Waals surface area contributed by atoms with Crippen molar-refractivity contribution in [2.45, 2.75) is 39.6 Å². The van der Waals surface area contributed by atoms with Gasteiger partial charge in [-0.05, 0) is 52.2 Å². The van der Waals surface area contributed by atoms with Crippen molar-refractivity contribution in [1.29, 1.82) is 0 Å². The highest BCUT2D eigenvalue weighted by Crippen LogP contribution is 2.44. The summed E-state index contributed by atoms with van der Waals surface area (Å²) < 4.78 is 12.5. The predicted octanol–water partition coefficient (Wildman–Crippen LogP) is 7.00. The average molecular weight is 370 g/mol. The minimum Gasteiger partial charge on any atom is -0.348 e. The minimum atomic E-state index is -0.336. The molecule has 4 aromatic carbocycles. The van der Waals surface area contributed by atoms with Crippen LogP contribution in [0.1, 0.15) is 39.5 Å². The third-order valence-corrected chi connectivity index (χ3v) is 6.67. The molecule has 4 aromatic rings. The Kier molecular flexibility index (Phi) is 3.81. The highest BCUT2D eigenvalue weighted by Gasteiger charge is 2.45. The number of rotatable bonds is 1. The van der Waals surface area contributed by atoms with Gasteiger partial charge in [0, 0.05) is 11.0 Å². The van der Waals surface area contributed by atoms with Crippen molar-refractivity contribution >= 4 is 32.3 Å². The molecule has 1 heterocycles. The van der Waals surface area contributed by atoms with Crippen LogP contribution in [0.5, 0.6) is 0 Å². The van der Waals surface area contributed by atoms with E-state index in [2.05, 4.69) is 94.4 Å². The molecule has 0 saturated carbocycles. The van der Waals surface area contributed by atoms with Gasteiger partial charge in [0.1, 0.15) is 0 Å². The summed E-state index contributed by atoms with van der Waals surface area (Å²) in [7, 11) is 0. The number of fused-ring (bicyclic) bond motifs is 6. The molecule has 1 fully saturated rings. The molecule has 28 heavy (non-hydrogen) atoms. The summed E-state index contributed by atoms with van der Waals surface area (Å²) in [5, 5.41) is 7.67. The summed E-state index contributed by atoms with van der Waals surface area (Å²) in [4.78, 5) is 0. The maximum atomic E-state index is 6.40. The van der Waals surface area contributed by atoms with E-state index in [9.17, 15) is 0 Å². The third kappa shape index (κ3) is 2.56. The summed E-state index contributed by atoms with van der Waals surface area (Å²) in [6.45, 7) is 9.40. The zero-order valence-corrected chi connectivity index (χ0v) is 17.0. The zero-order valence-electron chi connectivity index (χ0n) is 17.0. The van der Waals surface area contributed by atoms with Gasteiger partial charge in [-0.2, -0.15) is 0 Å². The molecule has 1 aliphatic heterocycles. The van der Waals surface area contributed by atoms with E-state index in [0.717, 1.165) is 5.56 Å². The molecule has 5 rings (SSSR count). The van der Waals surface area contributed by atoms with Crippen LogP contribution in [0, 0.1) is 5.41 Å². The van der Waals surface area contributed by atoms with Crippen molar-refractivity contribution in [3.8, 4) is 0 Å². The normalized spacial score (nSPS) is 21.4. The SMILES string of the molecule is CC1(C)COC(c2ccc3c4ccccc4c4ccccc4c3c2)OC1(C)C. The van der Waals surface area contributed by atoms with Gasteiger partial charge in [0.25, 0.3) is 0 Å². The first kappa shape index (κ1) is 17.7. The highest BCUT2D eigenvalue weighted by molar-refractivity contribution is 6.25. The maximum Gasteiger partial charge on any atom is 0.184 e. The molecule has 0 aliphatic carbocycles. The van der Waals surface area contributed by atoms with Crippen LogP contribution in [0.15, 0.2) is 66.7 Å². The fourth-order valence-electron chi connectivity index (χ4n) is 4.16. The number of benzene rings is 4. The first-order chi connectivity index (χ1) is 13.4. The topological polar surface area (TPSA) is 18.5 Å². The lowest BCUT2D eigenvalue weighted by molar-refractivity contribution is -0.300. The molecular weight excluding hydrogens is 344 g/mol. The van der Waals surface area contributed by atoms with Crippen molar-refractivity contribution in [2.75, 3.05) is 6.61 Å². The van der Waals surface area contributed by atoms with Gasteiger partial charge in [-0.15, -0.1) is 0 Å². The molecule has 1 saturated heterocycles. The quantitative estimate of drug-likeness (QED) is 0.336. The van der Waals surface area contributed by atoms with Crippen LogP contribution in [0.25, 0.3) is 32.3 Å². The minimum absolute atomic E-state index is 0.0246. The van der Waals surface area contributed by atoms with E-state index in [4.69, 9.17) is 9.47 Å². The molecule has 2 heteroatoms. The molecule has 0 spiro atoms. The molecule has 0 radical (unpaired) electrons. The van der Waals surface area contributed by atoms with Gasteiger partial charge in [-0.1, -0.05) is 74.5 Å². The molecule has 1 atom stereocenters. The van der Waals surface area contributed by atoms with Crippen LogP contribution < -0.4 is 0 Å². The number of hydrogen-bond donors (Lipinski definition) is 0. The summed E-state index contributed by atoms with van der Waals surface area (Å²) in [6, 6.07) is 23.9. The van der Waals surface area contributed by atoms with E-state index in [-0.39, 0.29) is 17.3 Å². The monoisotopic (exact) mass is 370 g/mol. The van der Waals surface area contributed by atoms with Crippen LogP contribution in [0.3, 0.4) is 0 Å². The smallest absolute Gasteiger partial charge is 0.184 e. The van der Waals surface area contributed by atoms with Crippen LogP contribution in [-0.2, 0) is 9.47 Å². The van der Waals surface area contributed by atoms with Crippen molar-refractivity contribution in [1.82, 2.24) is 0 Å². The van der Waals surface area contributed by atoms with Gasteiger partial charge in [0.15, 0.2) is 6.29 Å². The predicted molar refractivity (Wildman–Crippen MR) is 117 cm³/mol. The Morgan fingerprint density at radius 1 is 0.679 bits per heavy atom. The van der Waals surface area contributed by atoms with Crippen LogP contribution in [0.2, 0.25) is 0 Å². The van der Waals surface area contributed by atoms with Gasteiger partial charge < -0.3 is 9.47 Å². The van der Waals surface area contributed by atoms with Crippen molar-refractivity contribution in [3.63, 3.8) is 0 Å². The van der Waals surface area contributed by atoms with Crippen LogP contribution in [-0.4, -0.2) is 12.2 Å². The molecular formula is C26H26O2. The largest absolute Gasteiger partial charge is 0.348 e. The lowest BCUT2D eigenvalue weighted by Crippen LogP contribution is -2.50. The molecule has 0 N–H and O–H groups in total. The number of hydrogen-bond acceptors (Lipinski definition) is 2. The summed E-state index contributed by atoms with van der Waals surface area (Å²) in [5.41, 5.74) is 0.802. The Balaban J connectivity index is 1.72. The fraction of sp³-hybridized carbons (Fsp3) is 0.308. The van der Waals surface area contributed by atoms with Crippen molar-refractivity contribution in [2.24, 2.45) is 5.41 Å². The lowest BCUT2D eigenvalue weighted by Gasteiger charge is -2.48. The van der Waals surface area contributed by atoms with E-state index < -0.39 is 0 Å². The Labute approximate surface area is 166 Å². The van der Waals surface area contributed by atoms with Gasteiger partial charge in [0.2, 0.25) is 0 Å². The molecule has 142 valence electrons. The summed E-state index contributed by atoms with van der Waals surface area (Å²) in [6.07, 6.45) is -0.336. The van der Waals surface area contributed by atoms with Gasteiger partial charge in [-0.3, -0.25) is 0 Å².